The molecule has 0 unspecified atom stereocenters. The Hall–Kier alpha value is -0.341. The van der Waals surface area contributed by atoms with Crippen molar-refractivity contribution in [1.82, 2.24) is 0 Å². The van der Waals surface area contributed by atoms with Crippen LogP contribution in [0.1, 0.15) is 20.3 Å². The predicted octanol–water partition coefficient (Wildman–Crippen LogP) is 0.526. The van der Waals surface area contributed by atoms with Crippen LogP contribution in [0.25, 0.3) is 0 Å². The molecule has 0 radical (unpaired) electrons. The largest absolute Gasteiger partial charge is 1.00 e. The summed E-state index contributed by atoms with van der Waals surface area (Å²) >= 11 is 0. The Labute approximate surface area is 70.6 Å². The van der Waals surface area contributed by atoms with E-state index in [0.717, 1.165) is 0 Å². The molecule has 0 aliphatic rings. The van der Waals surface area contributed by atoms with E-state index in [0.29, 0.717) is 6.61 Å². The summed E-state index contributed by atoms with van der Waals surface area (Å²) in [4.78, 5) is 20.6. The van der Waals surface area contributed by atoms with Crippen LogP contribution >= 0.6 is 0 Å². The number of hydrogen-bond donors (Lipinski definition) is 0. The zero-order valence-corrected chi connectivity index (χ0v) is 6.88. The molecule has 3 nitrogen and oxygen atoms in total. The molecule has 0 spiro atoms. The molecule has 0 atom stereocenters. The van der Waals surface area contributed by atoms with Crippen LogP contribution in [-0.4, -0.2) is 18.4 Å². The Morgan fingerprint density at radius 3 is 2.20 bits per heavy atom. The van der Waals surface area contributed by atoms with E-state index in [-0.39, 0.29) is 29.3 Å². The molecule has 0 aromatic rings. The summed E-state index contributed by atoms with van der Waals surface area (Å²) in [7, 11) is 0. The van der Waals surface area contributed by atoms with Crippen molar-refractivity contribution in [2.45, 2.75) is 20.3 Å². The van der Waals surface area contributed by atoms with Gasteiger partial charge in [0.25, 0.3) is 0 Å². The zero-order valence-electron chi connectivity index (χ0n) is 5.94. The Kier molecular flexibility index (Phi) is 8.36. The van der Waals surface area contributed by atoms with E-state index in [2.05, 4.69) is 4.74 Å². The summed E-state index contributed by atoms with van der Waals surface area (Å²) in [6.45, 7) is 3.40. The number of Topliss-reactive ketones (excluding diaryl/α,β-unsaturated/α-hetero) is 1. The Morgan fingerprint density at radius 2 is 1.90 bits per heavy atom. The fraction of sp³-hybridized carbons (Fsp3) is 0.667. The molecule has 0 saturated heterocycles. The van der Waals surface area contributed by atoms with E-state index < -0.39 is 5.97 Å². The Balaban J connectivity index is 0. The van der Waals surface area contributed by atoms with Gasteiger partial charge < -0.3 is 4.74 Å². The van der Waals surface area contributed by atoms with Gasteiger partial charge in [-0.05, 0) is 13.8 Å². The number of ketones is 1. The first kappa shape index (κ1) is 12.3. The Bertz CT molecular complexity index is 122. The van der Waals surface area contributed by atoms with E-state index >= 15 is 0 Å². The fourth-order valence-corrected chi connectivity index (χ4v) is 0.415. The maximum absolute atomic E-state index is 10.4. The molecule has 0 aromatic heterocycles. The second kappa shape index (κ2) is 6.77. The monoisotopic (exact) mass is 193 g/mol. The van der Waals surface area contributed by atoms with Crippen molar-refractivity contribution in [1.29, 1.82) is 0 Å². The third-order valence-electron chi connectivity index (χ3n) is 0.699. The summed E-state index contributed by atoms with van der Waals surface area (Å²) in [5.41, 5.74) is 0. The molecule has 4 heteroatoms. The van der Waals surface area contributed by atoms with E-state index in [4.69, 9.17) is 0 Å². The minimum Gasteiger partial charge on any atom is -0.466 e. The molecular formula is C6H10CuO3+. The van der Waals surface area contributed by atoms with Gasteiger partial charge in [-0.1, -0.05) is 0 Å². The minimum absolute atomic E-state index is 0. The molecular weight excluding hydrogens is 184 g/mol. The minimum atomic E-state index is -0.440. The van der Waals surface area contributed by atoms with Crippen LogP contribution in [0.15, 0.2) is 0 Å². The number of carbonyl (C=O) groups excluding carboxylic acids is 2. The van der Waals surface area contributed by atoms with E-state index in [1.165, 1.54) is 6.92 Å². The van der Waals surface area contributed by atoms with Gasteiger partial charge in [0.15, 0.2) is 0 Å². The number of esters is 1. The predicted molar refractivity (Wildman–Crippen MR) is 31.9 cm³/mol. The maximum Gasteiger partial charge on any atom is 1.00 e. The van der Waals surface area contributed by atoms with Gasteiger partial charge in [0.2, 0.25) is 0 Å². The maximum atomic E-state index is 10.4. The second-order valence-corrected chi connectivity index (χ2v) is 1.68. The quantitative estimate of drug-likeness (QED) is 0.373. The van der Waals surface area contributed by atoms with Gasteiger partial charge in [0, 0.05) is 0 Å². The van der Waals surface area contributed by atoms with Crippen molar-refractivity contribution in [2.75, 3.05) is 6.61 Å². The van der Waals surface area contributed by atoms with Crippen LogP contribution in [0, 0.1) is 0 Å². The van der Waals surface area contributed by atoms with E-state index in [1.54, 1.807) is 6.92 Å². The topological polar surface area (TPSA) is 43.4 Å². The second-order valence-electron chi connectivity index (χ2n) is 1.68. The molecule has 0 aromatic carbocycles. The molecule has 0 N–H and O–H groups in total. The first-order valence-electron chi connectivity index (χ1n) is 2.82. The summed E-state index contributed by atoms with van der Waals surface area (Å²) in [6, 6.07) is 0. The molecule has 0 heterocycles. The van der Waals surface area contributed by atoms with Crippen LogP contribution in [0.5, 0.6) is 0 Å². The van der Waals surface area contributed by atoms with Crippen LogP contribution < -0.4 is 0 Å². The van der Waals surface area contributed by atoms with Gasteiger partial charge in [0.05, 0.1) is 6.61 Å². The normalized spacial score (nSPS) is 7.80. The van der Waals surface area contributed by atoms with Crippen molar-refractivity contribution in [3.8, 4) is 0 Å². The number of rotatable bonds is 3. The average molecular weight is 194 g/mol. The molecule has 10 heavy (non-hydrogen) atoms. The van der Waals surface area contributed by atoms with Crippen LogP contribution in [0.2, 0.25) is 0 Å². The summed E-state index contributed by atoms with van der Waals surface area (Å²) < 4.78 is 4.49. The standard InChI is InChI=1S/C6H10O3.Cu/c1-3-9-6(8)4-5(2)7;/h3-4H2,1-2H3;/q;+1. The first-order valence-corrected chi connectivity index (χ1v) is 2.82. The van der Waals surface area contributed by atoms with Crippen molar-refractivity contribution >= 4 is 11.8 Å². The van der Waals surface area contributed by atoms with E-state index in [9.17, 15) is 9.59 Å². The zero-order chi connectivity index (χ0) is 7.28. The number of ether oxygens (including phenoxy) is 1. The van der Waals surface area contributed by atoms with E-state index in [1.807, 2.05) is 0 Å². The van der Waals surface area contributed by atoms with Crippen molar-refractivity contribution in [3.63, 3.8) is 0 Å². The third-order valence-corrected chi connectivity index (χ3v) is 0.699. The Morgan fingerprint density at radius 1 is 1.40 bits per heavy atom. The third kappa shape index (κ3) is 7.66. The van der Waals surface area contributed by atoms with Crippen LogP contribution in [-0.2, 0) is 31.4 Å². The summed E-state index contributed by atoms with van der Waals surface area (Å²) in [6.07, 6.45) is -0.103. The average Bonchev–Trinajstić information content (AvgIpc) is 1.63. The smallest absolute Gasteiger partial charge is 0.466 e. The van der Waals surface area contributed by atoms with Gasteiger partial charge in [-0.25, -0.2) is 0 Å². The number of carbonyl (C=O) groups is 2. The van der Waals surface area contributed by atoms with Gasteiger partial charge >= 0.3 is 23.0 Å². The molecule has 0 saturated carbocycles. The molecule has 0 aliphatic carbocycles. The molecule has 0 aliphatic heterocycles. The van der Waals surface area contributed by atoms with Gasteiger partial charge in [0.1, 0.15) is 12.2 Å². The molecule has 0 bridgehead atoms. The fourth-order valence-electron chi connectivity index (χ4n) is 0.415. The van der Waals surface area contributed by atoms with Crippen molar-refractivity contribution in [3.05, 3.63) is 0 Å². The van der Waals surface area contributed by atoms with Gasteiger partial charge in [-0.15, -0.1) is 0 Å². The van der Waals surface area contributed by atoms with Crippen LogP contribution in [0.4, 0.5) is 0 Å². The molecule has 0 rings (SSSR count). The molecule has 0 fully saturated rings. The molecule has 62 valence electrons. The van der Waals surface area contributed by atoms with Gasteiger partial charge in [-0.2, -0.15) is 0 Å². The van der Waals surface area contributed by atoms with Gasteiger partial charge in [-0.3, -0.25) is 9.59 Å². The van der Waals surface area contributed by atoms with Crippen molar-refractivity contribution in [2.24, 2.45) is 0 Å². The summed E-state index contributed by atoms with van der Waals surface area (Å²) in [5.74, 6) is -0.599. The van der Waals surface area contributed by atoms with Crippen molar-refractivity contribution < 1.29 is 31.4 Å². The number of hydrogen-bond acceptors (Lipinski definition) is 3. The first-order chi connectivity index (χ1) is 4.16. The summed E-state index contributed by atoms with van der Waals surface area (Å²) in [5, 5.41) is 0. The SMILES string of the molecule is CCOC(=O)CC(C)=O.[Cu+]. The molecule has 0 amide bonds. The van der Waals surface area contributed by atoms with Crippen LogP contribution in [0.3, 0.4) is 0 Å².